The number of pyridine rings is 1. The summed E-state index contributed by atoms with van der Waals surface area (Å²) in [7, 11) is 1.62. The number of likely N-dealkylation sites (tertiary alicyclic amines) is 1. The van der Waals surface area contributed by atoms with Crippen LogP contribution in [0.15, 0.2) is 18.2 Å². The number of nitrogens with one attached hydrogen (secondary N) is 1. The van der Waals surface area contributed by atoms with E-state index in [1.807, 2.05) is 4.90 Å². The third-order valence-corrected chi connectivity index (χ3v) is 3.96. The average Bonchev–Trinajstić information content (AvgIpc) is 2.58. The molecule has 1 N–H and O–H groups in total. The second kappa shape index (κ2) is 8.62. The van der Waals surface area contributed by atoms with E-state index < -0.39 is 0 Å². The maximum atomic E-state index is 12.5. The van der Waals surface area contributed by atoms with Crippen molar-refractivity contribution in [2.75, 3.05) is 33.4 Å². The molecule has 0 saturated carbocycles. The molecule has 0 bridgehead atoms. The predicted octanol–water partition coefficient (Wildman–Crippen LogP) is 1.72. The number of carbonyl (C=O) groups excluding carboxylic acids is 2. The molecule has 1 aliphatic rings. The number of amides is 2. The molecule has 23 heavy (non-hydrogen) atoms. The van der Waals surface area contributed by atoms with Crippen LogP contribution in [-0.2, 0) is 4.74 Å². The fourth-order valence-electron chi connectivity index (χ4n) is 2.73. The van der Waals surface area contributed by atoms with Crippen molar-refractivity contribution >= 4 is 11.8 Å². The Hall–Kier alpha value is -1.95. The molecule has 2 rings (SSSR count). The first-order valence-corrected chi connectivity index (χ1v) is 8.15. The molecule has 1 saturated heterocycles. The highest BCUT2D eigenvalue weighted by atomic mass is 16.5. The summed E-state index contributed by atoms with van der Waals surface area (Å²) in [5.74, 6) is 0.160. The van der Waals surface area contributed by atoms with Gasteiger partial charge in [-0.1, -0.05) is 13.0 Å². The van der Waals surface area contributed by atoms with Gasteiger partial charge in [0.1, 0.15) is 11.4 Å². The summed E-state index contributed by atoms with van der Waals surface area (Å²) in [5.41, 5.74) is 0.613. The van der Waals surface area contributed by atoms with Crippen LogP contribution in [0.2, 0.25) is 0 Å². The van der Waals surface area contributed by atoms with E-state index >= 15 is 0 Å². The first-order chi connectivity index (χ1) is 11.1. The zero-order valence-electron chi connectivity index (χ0n) is 13.9. The molecule has 1 aromatic rings. The van der Waals surface area contributed by atoms with Crippen LogP contribution >= 0.6 is 0 Å². The molecule has 2 heterocycles. The Morgan fingerprint density at radius 3 is 2.91 bits per heavy atom. The smallest absolute Gasteiger partial charge is 0.272 e. The van der Waals surface area contributed by atoms with Gasteiger partial charge in [-0.3, -0.25) is 9.59 Å². The van der Waals surface area contributed by atoms with Gasteiger partial charge in [-0.05, 0) is 37.3 Å². The van der Waals surface area contributed by atoms with Gasteiger partial charge in [0.2, 0.25) is 0 Å². The number of piperidine rings is 1. The fraction of sp³-hybridized carbons (Fsp3) is 0.588. The van der Waals surface area contributed by atoms with Gasteiger partial charge in [0.15, 0.2) is 0 Å². The number of hydrogen-bond acceptors (Lipinski definition) is 4. The molecular weight excluding hydrogens is 294 g/mol. The lowest BCUT2D eigenvalue weighted by molar-refractivity contribution is 0.0677. The average molecular weight is 319 g/mol. The molecule has 126 valence electrons. The maximum Gasteiger partial charge on any atom is 0.272 e. The van der Waals surface area contributed by atoms with Crippen LogP contribution in [0.4, 0.5) is 0 Å². The monoisotopic (exact) mass is 319 g/mol. The van der Waals surface area contributed by atoms with E-state index in [1.165, 1.54) is 0 Å². The van der Waals surface area contributed by atoms with E-state index in [9.17, 15) is 9.59 Å². The maximum absolute atomic E-state index is 12.5. The van der Waals surface area contributed by atoms with Crippen LogP contribution in [0, 0.1) is 5.92 Å². The number of hydrogen-bond donors (Lipinski definition) is 1. The molecule has 1 fully saturated rings. The Labute approximate surface area is 137 Å². The summed E-state index contributed by atoms with van der Waals surface area (Å²) in [6, 6.07) is 5.00. The molecule has 0 spiro atoms. The number of rotatable bonds is 6. The van der Waals surface area contributed by atoms with E-state index in [-0.39, 0.29) is 17.5 Å². The molecule has 0 aliphatic carbocycles. The second-order valence-corrected chi connectivity index (χ2v) is 6.01. The van der Waals surface area contributed by atoms with Gasteiger partial charge in [0.25, 0.3) is 11.8 Å². The van der Waals surface area contributed by atoms with Crippen molar-refractivity contribution in [3.05, 3.63) is 29.6 Å². The lowest BCUT2D eigenvalue weighted by Gasteiger charge is -2.30. The SMILES string of the molecule is COCCCNC(=O)c1cccc(C(=O)N2CCCC(C)C2)n1. The molecule has 2 amide bonds. The quantitative estimate of drug-likeness (QED) is 0.811. The molecule has 1 unspecified atom stereocenters. The molecule has 0 radical (unpaired) electrons. The summed E-state index contributed by atoms with van der Waals surface area (Å²) >= 11 is 0. The van der Waals surface area contributed by atoms with Gasteiger partial charge < -0.3 is 15.0 Å². The fourth-order valence-corrected chi connectivity index (χ4v) is 2.73. The summed E-state index contributed by atoms with van der Waals surface area (Å²) in [6.45, 7) is 4.79. The van der Waals surface area contributed by atoms with Gasteiger partial charge in [-0.15, -0.1) is 0 Å². The Morgan fingerprint density at radius 2 is 2.17 bits per heavy atom. The van der Waals surface area contributed by atoms with Gasteiger partial charge in [0, 0.05) is 33.4 Å². The number of ether oxygens (including phenoxy) is 1. The molecule has 1 aromatic heterocycles. The lowest BCUT2D eigenvalue weighted by atomic mass is 10.00. The summed E-state index contributed by atoms with van der Waals surface area (Å²) < 4.78 is 4.94. The van der Waals surface area contributed by atoms with Crippen molar-refractivity contribution in [2.45, 2.75) is 26.2 Å². The highest BCUT2D eigenvalue weighted by Crippen LogP contribution is 2.17. The van der Waals surface area contributed by atoms with E-state index in [0.717, 1.165) is 32.4 Å². The number of aromatic nitrogens is 1. The standard InChI is InChI=1S/C17H25N3O3/c1-13-6-4-10-20(12-13)17(22)15-8-3-7-14(19-15)16(21)18-9-5-11-23-2/h3,7-8,13H,4-6,9-12H2,1-2H3,(H,18,21). The zero-order valence-corrected chi connectivity index (χ0v) is 13.9. The van der Waals surface area contributed by atoms with Crippen LogP contribution in [0.3, 0.4) is 0 Å². The Morgan fingerprint density at radius 1 is 1.39 bits per heavy atom. The molecule has 1 aliphatic heterocycles. The number of nitrogens with zero attached hydrogens (tertiary/aromatic N) is 2. The second-order valence-electron chi connectivity index (χ2n) is 6.01. The van der Waals surface area contributed by atoms with Gasteiger partial charge in [0.05, 0.1) is 0 Å². The molecule has 0 aromatic carbocycles. The molecule has 6 heteroatoms. The summed E-state index contributed by atoms with van der Waals surface area (Å²) in [6.07, 6.45) is 2.92. The number of carbonyl (C=O) groups is 2. The lowest BCUT2D eigenvalue weighted by Crippen LogP contribution is -2.39. The van der Waals surface area contributed by atoms with Crippen LogP contribution in [0.25, 0.3) is 0 Å². The third kappa shape index (κ3) is 5.03. The minimum absolute atomic E-state index is 0.0921. The van der Waals surface area contributed by atoms with Crippen LogP contribution in [0.5, 0.6) is 0 Å². The summed E-state index contributed by atoms with van der Waals surface area (Å²) in [4.78, 5) is 30.7. The minimum atomic E-state index is -0.261. The van der Waals surface area contributed by atoms with Crippen molar-refractivity contribution < 1.29 is 14.3 Å². The van der Waals surface area contributed by atoms with Crippen LogP contribution in [0.1, 0.15) is 47.2 Å². The zero-order chi connectivity index (χ0) is 16.7. The first-order valence-electron chi connectivity index (χ1n) is 8.15. The molecular formula is C17H25N3O3. The van der Waals surface area contributed by atoms with Crippen LogP contribution in [-0.4, -0.2) is 55.0 Å². The molecule has 1 atom stereocenters. The van der Waals surface area contributed by atoms with Gasteiger partial charge in [-0.2, -0.15) is 0 Å². The highest BCUT2D eigenvalue weighted by molar-refractivity contribution is 5.96. The Bertz CT molecular complexity index is 548. The van der Waals surface area contributed by atoms with Gasteiger partial charge in [-0.25, -0.2) is 4.98 Å². The summed E-state index contributed by atoms with van der Waals surface area (Å²) in [5, 5.41) is 2.78. The van der Waals surface area contributed by atoms with Crippen molar-refractivity contribution in [1.82, 2.24) is 15.2 Å². The normalized spacial score (nSPS) is 17.8. The van der Waals surface area contributed by atoms with Crippen molar-refractivity contribution in [3.63, 3.8) is 0 Å². The predicted molar refractivity (Wildman–Crippen MR) is 87.4 cm³/mol. The topological polar surface area (TPSA) is 71.5 Å². The highest BCUT2D eigenvalue weighted by Gasteiger charge is 2.23. The number of methoxy groups -OCH3 is 1. The Balaban J connectivity index is 1.98. The first kappa shape index (κ1) is 17.4. The van der Waals surface area contributed by atoms with Crippen molar-refractivity contribution in [3.8, 4) is 0 Å². The van der Waals surface area contributed by atoms with E-state index in [4.69, 9.17) is 4.74 Å². The van der Waals surface area contributed by atoms with E-state index in [2.05, 4.69) is 17.2 Å². The Kier molecular flexibility index (Phi) is 6.52. The van der Waals surface area contributed by atoms with Crippen molar-refractivity contribution in [1.29, 1.82) is 0 Å². The largest absolute Gasteiger partial charge is 0.385 e. The third-order valence-electron chi connectivity index (χ3n) is 3.96. The minimum Gasteiger partial charge on any atom is -0.385 e. The van der Waals surface area contributed by atoms with E-state index in [1.54, 1.807) is 25.3 Å². The molecule has 6 nitrogen and oxygen atoms in total. The van der Waals surface area contributed by atoms with Crippen LogP contribution < -0.4 is 5.32 Å². The van der Waals surface area contributed by atoms with Gasteiger partial charge >= 0.3 is 0 Å². The van der Waals surface area contributed by atoms with E-state index in [0.29, 0.717) is 24.8 Å². The van der Waals surface area contributed by atoms with Crippen molar-refractivity contribution in [2.24, 2.45) is 5.92 Å².